The van der Waals surface area contributed by atoms with Gasteiger partial charge in [0.1, 0.15) is 5.78 Å². The molecule has 0 heterocycles. The number of carbonyl (C=O) groups is 4. The molecule has 0 aliphatic heterocycles. The van der Waals surface area contributed by atoms with Gasteiger partial charge in [0.15, 0.2) is 23.6 Å². The lowest BCUT2D eigenvalue weighted by molar-refractivity contribution is -0.162. The Hall–Kier alpha value is -2.91. The van der Waals surface area contributed by atoms with E-state index < -0.39 is 59.5 Å². The summed E-state index contributed by atoms with van der Waals surface area (Å²) in [5.41, 5.74) is -0.574. The molecule has 2 aliphatic carbocycles. The molecule has 1 aromatic carbocycles. The largest absolute Gasteiger partial charge is 0.452 e. The summed E-state index contributed by atoms with van der Waals surface area (Å²) in [6.45, 7) is 0.746. The van der Waals surface area contributed by atoms with Crippen LogP contribution in [0.3, 0.4) is 0 Å². The second-order valence-electron chi connectivity index (χ2n) is 7.96. The third kappa shape index (κ3) is 5.23. The zero-order chi connectivity index (χ0) is 22.7. The molecule has 0 spiro atoms. The van der Waals surface area contributed by atoms with E-state index in [-0.39, 0.29) is 17.6 Å². The fourth-order valence-electron chi connectivity index (χ4n) is 4.12. The SMILES string of the molecule is CC(OC(=O)C1CC2CCCC(C1)C2=O)C(=O)NCC(=O)Nc1ccc(F)c(F)c1F. The van der Waals surface area contributed by atoms with Crippen LogP contribution in [0.4, 0.5) is 18.9 Å². The summed E-state index contributed by atoms with van der Waals surface area (Å²) >= 11 is 0. The summed E-state index contributed by atoms with van der Waals surface area (Å²) in [5.74, 6) is -7.35. The fourth-order valence-corrected chi connectivity index (χ4v) is 4.12. The number of rotatable bonds is 6. The van der Waals surface area contributed by atoms with Crippen molar-refractivity contribution in [3.05, 3.63) is 29.6 Å². The van der Waals surface area contributed by atoms with Crippen LogP contribution in [0.5, 0.6) is 0 Å². The first-order chi connectivity index (χ1) is 14.7. The number of carbonyl (C=O) groups excluding carboxylic acids is 4. The predicted octanol–water partition coefficient (Wildman–Crippen LogP) is 2.49. The van der Waals surface area contributed by atoms with Gasteiger partial charge in [0.25, 0.3) is 5.91 Å². The summed E-state index contributed by atoms with van der Waals surface area (Å²) in [6.07, 6.45) is 2.16. The molecular weight excluding hydrogens is 417 g/mol. The summed E-state index contributed by atoms with van der Waals surface area (Å²) in [4.78, 5) is 48.5. The number of Topliss-reactive ketones (excluding diaryl/α,β-unsaturated/α-hetero) is 1. The lowest BCUT2D eigenvalue weighted by atomic mass is 9.67. The highest BCUT2D eigenvalue weighted by Crippen LogP contribution is 2.40. The van der Waals surface area contributed by atoms with Crippen molar-refractivity contribution >= 4 is 29.3 Å². The molecule has 1 aromatic rings. The Morgan fingerprint density at radius 2 is 1.74 bits per heavy atom. The molecule has 7 nitrogen and oxygen atoms in total. The van der Waals surface area contributed by atoms with Gasteiger partial charge in [-0.05, 0) is 44.7 Å². The Bertz CT molecular complexity index is 891. The summed E-state index contributed by atoms with van der Waals surface area (Å²) < 4.78 is 44.9. The van der Waals surface area contributed by atoms with Gasteiger partial charge in [-0.25, -0.2) is 13.2 Å². The number of ether oxygens (including phenoxy) is 1. The van der Waals surface area contributed by atoms with Gasteiger partial charge in [0, 0.05) is 11.8 Å². The third-order valence-corrected chi connectivity index (χ3v) is 5.78. The van der Waals surface area contributed by atoms with Gasteiger partial charge in [-0.3, -0.25) is 19.2 Å². The Labute approximate surface area is 176 Å². The first kappa shape index (κ1) is 22.8. The number of hydrogen-bond acceptors (Lipinski definition) is 5. The Kier molecular flexibility index (Phi) is 6.97. The molecule has 3 unspecified atom stereocenters. The van der Waals surface area contributed by atoms with Gasteiger partial charge in [-0.2, -0.15) is 0 Å². The van der Waals surface area contributed by atoms with Gasteiger partial charge in [0.05, 0.1) is 18.2 Å². The summed E-state index contributed by atoms with van der Waals surface area (Å²) in [5, 5.41) is 4.25. The van der Waals surface area contributed by atoms with Crippen molar-refractivity contribution in [2.24, 2.45) is 17.8 Å². The standard InChI is InChI=1S/C21H23F3N2O5/c1-10(31-21(30)13-7-11-3-2-4-12(8-13)19(11)28)20(29)25-9-16(27)26-15-6-5-14(22)17(23)18(15)24/h5-6,10-13H,2-4,7-9H2,1H3,(H,25,29)(H,26,27). The van der Waals surface area contributed by atoms with E-state index in [1.165, 1.54) is 6.92 Å². The Balaban J connectivity index is 1.46. The topological polar surface area (TPSA) is 102 Å². The fraction of sp³-hybridized carbons (Fsp3) is 0.524. The van der Waals surface area contributed by atoms with E-state index in [2.05, 4.69) is 5.32 Å². The third-order valence-electron chi connectivity index (χ3n) is 5.78. The minimum Gasteiger partial charge on any atom is -0.452 e. The van der Waals surface area contributed by atoms with Crippen LogP contribution >= 0.6 is 0 Å². The number of anilines is 1. The average Bonchev–Trinajstić information content (AvgIpc) is 2.72. The van der Waals surface area contributed by atoms with E-state index >= 15 is 0 Å². The number of benzene rings is 1. The van der Waals surface area contributed by atoms with Crippen molar-refractivity contribution < 1.29 is 37.1 Å². The Morgan fingerprint density at radius 1 is 1.10 bits per heavy atom. The van der Waals surface area contributed by atoms with E-state index in [0.29, 0.717) is 18.9 Å². The summed E-state index contributed by atoms with van der Waals surface area (Å²) in [6, 6.07) is 1.50. The molecule has 2 N–H and O–H groups in total. The molecule has 3 atom stereocenters. The highest BCUT2D eigenvalue weighted by Gasteiger charge is 2.42. The highest BCUT2D eigenvalue weighted by molar-refractivity contribution is 5.95. The van der Waals surface area contributed by atoms with Gasteiger partial charge >= 0.3 is 5.97 Å². The van der Waals surface area contributed by atoms with Crippen LogP contribution in [0, 0.1) is 35.2 Å². The number of hydrogen-bond donors (Lipinski definition) is 2. The van der Waals surface area contributed by atoms with Crippen LogP contribution in [0.1, 0.15) is 39.0 Å². The first-order valence-corrected chi connectivity index (χ1v) is 10.1. The molecule has 0 radical (unpaired) electrons. The number of amides is 2. The molecule has 2 amide bonds. The van der Waals surface area contributed by atoms with Gasteiger partial charge < -0.3 is 15.4 Å². The van der Waals surface area contributed by atoms with Gasteiger partial charge in [-0.1, -0.05) is 6.42 Å². The maximum Gasteiger partial charge on any atom is 0.309 e. The molecular formula is C21H23F3N2O5. The molecule has 31 heavy (non-hydrogen) atoms. The molecule has 0 saturated heterocycles. The molecule has 168 valence electrons. The smallest absolute Gasteiger partial charge is 0.309 e. The minimum absolute atomic E-state index is 0.130. The Morgan fingerprint density at radius 3 is 2.39 bits per heavy atom. The maximum absolute atomic E-state index is 13.6. The second-order valence-corrected chi connectivity index (χ2v) is 7.96. The zero-order valence-electron chi connectivity index (χ0n) is 16.9. The molecule has 2 aliphatic rings. The van der Waals surface area contributed by atoms with Crippen LogP contribution in [0.2, 0.25) is 0 Å². The zero-order valence-corrected chi connectivity index (χ0v) is 16.9. The van der Waals surface area contributed by atoms with Crippen molar-refractivity contribution in [1.82, 2.24) is 5.32 Å². The van der Waals surface area contributed by atoms with Gasteiger partial charge in [-0.15, -0.1) is 0 Å². The second kappa shape index (κ2) is 9.49. The lowest BCUT2D eigenvalue weighted by Gasteiger charge is -2.36. The molecule has 3 rings (SSSR count). The number of fused-ring (bicyclic) bond motifs is 2. The van der Waals surface area contributed by atoms with Crippen molar-refractivity contribution in [3.63, 3.8) is 0 Å². The van der Waals surface area contributed by atoms with E-state index in [4.69, 9.17) is 4.74 Å². The quantitative estimate of drug-likeness (QED) is 0.523. The maximum atomic E-state index is 13.6. The van der Waals surface area contributed by atoms with Crippen molar-refractivity contribution in [3.8, 4) is 0 Å². The van der Waals surface area contributed by atoms with Crippen LogP contribution in [-0.2, 0) is 23.9 Å². The van der Waals surface area contributed by atoms with Crippen molar-refractivity contribution in [2.75, 3.05) is 11.9 Å². The van der Waals surface area contributed by atoms with E-state index in [0.717, 1.165) is 25.3 Å². The monoisotopic (exact) mass is 440 g/mol. The van der Waals surface area contributed by atoms with Crippen molar-refractivity contribution in [2.45, 2.75) is 45.1 Å². The van der Waals surface area contributed by atoms with E-state index in [1.54, 1.807) is 0 Å². The number of halogens is 3. The van der Waals surface area contributed by atoms with Crippen LogP contribution in [0.15, 0.2) is 12.1 Å². The minimum atomic E-state index is -1.73. The molecule has 10 heteroatoms. The first-order valence-electron chi connectivity index (χ1n) is 10.1. The number of esters is 1. The molecule has 2 bridgehead atoms. The number of ketones is 1. The summed E-state index contributed by atoms with van der Waals surface area (Å²) in [7, 11) is 0. The van der Waals surface area contributed by atoms with Crippen LogP contribution in [-0.4, -0.2) is 36.2 Å². The number of nitrogens with one attached hydrogen (secondary N) is 2. The molecule has 2 fully saturated rings. The van der Waals surface area contributed by atoms with E-state index in [1.807, 2.05) is 5.32 Å². The van der Waals surface area contributed by atoms with E-state index in [9.17, 15) is 32.3 Å². The van der Waals surface area contributed by atoms with Crippen LogP contribution < -0.4 is 10.6 Å². The molecule has 2 saturated carbocycles. The average molecular weight is 440 g/mol. The molecule has 0 aromatic heterocycles. The van der Waals surface area contributed by atoms with Crippen molar-refractivity contribution in [1.29, 1.82) is 0 Å². The lowest BCUT2D eigenvalue weighted by Crippen LogP contribution is -2.43. The van der Waals surface area contributed by atoms with Gasteiger partial charge in [0.2, 0.25) is 5.91 Å². The predicted molar refractivity (Wildman–Crippen MR) is 102 cm³/mol. The normalized spacial score (nSPS) is 23.6. The van der Waals surface area contributed by atoms with Crippen LogP contribution in [0.25, 0.3) is 0 Å². The highest BCUT2D eigenvalue weighted by atomic mass is 19.2.